The minimum absolute atomic E-state index is 0.183. The van der Waals surface area contributed by atoms with Gasteiger partial charge in [0.2, 0.25) is 11.8 Å². The van der Waals surface area contributed by atoms with Crippen molar-refractivity contribution in [2.24, 2.45) is 0 Å². The van der Waals surface area contributed by atoms with E-state index >= 15 is 0 Å². The van der Waals surface area contributed by atoms with Crippen LogP contribution in [0, 0.1) is 0 Å². The number of carbonyl (C=O) groups excluding carboxylic acids is 1. The molecular formula is C13H12N6OS. The van der Waals surface area contributed by atoms with E-state index in [-0.39, 0.29) is 11.7 Å². The zero-order valence-electron chi connectivity index (χ0n) is 11.0. The number of aryl methyl sites for hydroxylation is 1. The molecule has 0 unspecified atom stereocenters. The highest BCUT2D eigenvalue weighted by Crippen LogP contribution is 2.20. The van der Waals surface area contributed by atoms with E-state index in [0.29, 0.717) is 11.6 Å². The topological polar surface area (TPSA) is 84.7 Å². The molecule has 0 atom stereocenters. The standard InChI is InChI=1S/C13H12N6OS/c20-12(11-16-13-14-4-1-5-19(13)17-11)15-9-2-3-10-8(6-9)7-21-18-10/h2-3,6-7H,1,4-5H2,(H,15,20)(H,14,16,17). The zero-order chi connectivity index (χ0) is 14.2. The third-order valence-electron chi connectivity index (χ3n) is 3.32. The Bertz CT molecular complexity index is 800. The van der Waals surface area contributed by atoms with Crippen LogP contribution in [0.5, 0.6) is 0 Å². The number of nitrogens with zero attached hydrogens (tertiary/aromatic N) is 4. The van der Waals surface area contributed by atoms with Crippen molar-refractivity contribution in [1.82, 2.24) is 19.1 Å². The Labute approximate surface area is 124 Å². The fourth-order valence-corrected chi connectivity index (χ4v) is 2.93. The maximum atomic E-state index is 12.2. The van der Waals surface area contributed by atoms with E-state index in [1.165, 1.54) is 11.5 Å². The predicted octanol–water partition coefficient (Wildman–Crippen LogP) is 1.96. The molecule has 0 saturated heterocycles. The Balaban J connectivity index is 1.58. The lowest BCUT2D eigenvalue weighted by molar-refractivity contribution is 0.101. The van der Waals surface area contributed by atoms with E-state index in [2.05, 4.69) is 25.1 Å². The molecule has 1 aliphatic heterocycles. The molecule has 8 heteroatoms. The van der Waals surface area contributed by atoms with Gasteiger partial charge in [-0.2, -0.15) is 9.36 Å². The molecule has 3 heterocycles. The van der Waals surface area contributed by atoms with E-state index in [0.717, 1.165) is 30.4 Å². The van der Waals surface area contributed by atoms with Crippen LogP contribution in [-0.2, 0) is 6.54 Å². The molecule has 0 aliphatic carbocycles. The minimum atomic E-state index is -0.304. The summed E-state index contributed by atoms with van der Waals surface area (Å²) in [6.07, 6.45) is 0.985. The van der Waals surface area contributed by atoms with E-state index in [1.807, 2.05) is 23.6 Å². The normalized spacial score (nSPS) is 13.7. The van der Waals surface area contributed by atoms with Crippen LogP contribution in [0.15, 0.2) is 23.6 Å². The summed E-state index contributed by atoms with van der Waals surface area (Å²) in [7, 11) is 0. The second kappa shape index (κ2) is 4.81. The molecule has 4 rings (SSSR count). The lowest BCUT2D eigenvalue weighted by atomic mass is 10.2. The number of benzene rings is 1. The van der Waals surface area contributed by atoms with Gasteiger partial charge in [0, 0.05) is 29.5 Å². The van der Waals surface area contributed by atoms with Crippen molar-refractivity contribution in [1.29, 1.82) is 0 Å². The molecular weight excluding hydrogens is 288 g/mol. The van der Waals surface area contributed by atoms with Gasteiger partial charge in [-0.05, 0) is 36.2 Å². The summed E-state index contributed by atoms with van der Waals surface area (Å²) in [5.41, 5.74) is 1.64. The molecule has 0 saturated carbocycles. The van der Waals surface area contributed by atoms with E-state index in [1.54, 1.807) is 4.68 Å². The first-order valence-electron chi connectivity index (χ1n) is 6.64. The van der Waals surface area contributed by atoms with Gasteiger partial charge in [0.1, 0.15) is 0 Å². The van der Waals surface area contributed by atoms with Crippen LogP contribution in [0.2, 0.25) is 0 Å². The second-order valence-electron chi connectivity index (χ2n) is 4.80. The van der Waals surface area contributed by atoms with Crippen molar-refractivity contribution in [3.63, 3.8) is 0 Å². The fourth-order valence-electron chi connectivity index (χ4n) is 2.29. The molecule has 21 heavy (non-hydrogen) atoms. The summed E-state index contributed by atoms with van der Waals surface area (Å²) in [5.74, 6) is 0.535. The molecule has 106 valence electrons. The number of aromatic nitrogens is 4. The number of rotatable bonds is 2. The summed E-state index contributed by atoms with van der Waals surface area (Å²) in [5, 5.41) is 13.1. The van der Waals surface area contributed by atoms with Crippen LogP contribution in [-0.4, -0.2) is 31.6 Å². The highest BCUT2D eigenvalue weighted by atomic mass is 32.1. The summed E-state index contributed by atoms with van der Waals surface area (Å²) in [4.78, 5) is 16.4. The maximum absolute atomic E-state index is 12.2. The summed E-state index contributed by atoms with van der Waals surface area (Å²) in [6.45, 7) is 1.65. The Kier molecular flexibility index (Phi) is 2.81. The Hall–Kier alpha value is -2.48. The lowest BCUT2D eigenvalue weighted by Gasteiger charge is -2.12. The Morgan fingerprint density at radius 2 is 2.38 bits per heavy atom. The summed E-state index contributed by atoms with van der Waals surface area (Å²) >= 11 is 1.40. The number of hydrogen-bond donors (Lipinski definition) is 2. The van der Waals surface area contributed by atoms with Gasteiger partial charge in [-0.15, -0.1) is 5.10 Å². The van der Waals surface area contributed by atoms with Crippen LogP contribution in [0.1, 0.15) is 17.0 Å². The number of nitrogens with one attached hydrogen (secondary N) is 2. The maximum Gasteiger partial charge on any atom is 0.295 e. The molecule has 1 aromatic carbocycles. The second-order valence-corrected chi connectivity index (χ2v) is 5.43. The molecule has 0 bridgehead atoms. The highest BCUT2D eigenvalue weighted by Gasteiger charge is 2.18. The average molecular weight is 300 g/mol. The molecule has 0 fully saturated rings. The van der Waals surface area contributed by atoms with Crippen LogP contribution >= 0.6 is 11.5 Å². The van der Waals surface area contributed by atoms with Crippen LogP contribution < -0.4 is 10.6 Å². The van der Waals surface area contributed by atoms with Crippen molar-refractivity contribution in [3.8, 4) is 0 Å². The summed E-state index contributed by atoms with van der Waals surface area (Å²) in [6, 6.07) is 5.60. The van der Waals surface area contributed by atoms with Gasteiger partial charge in [0.05, 0.1) is 5.52 Å². The van der Waals surface area contributed by atoms with E-state index in [9.17, 15) is 4.79 Å². The van der Waals surface area contributed by atoms with Gasteiger partial charge in [-0.3, -0.25) is 4.79 Å². The number of anilines is 2. The van der Waals surface area contributed by atoms with Gasteiger partial charge in [0.25, 0.3) is 5.91 Å². The first kappa shape index (κ1) is 12.3. The third-order valence-corrected chi connectivity index (χ3v) is 3.98. The van der Waals surface area contributed by atoms with Crippen molar-refractivity contribution < 1.29 is 4.79 Å². The Morgan fingerprint density at radius 3 is 3.29 bits per heavy atom. The molecule has 7 nitrogen and oxygen atoms in total. The fraction of sp³-hybridized carbons (Fsp3) is 0.231. The van der Waals surface area contributed by atoms with E-state index < -0.39 is 0 Å². The van der Waals surface area contributed by atoms with Gasteiger partial charge in [-0.25, -0.2) is 4.68 Å². The van der Waals surface area contributed by atoms with Crippen LogP contribution in [0.25, 0.3) is 10.9 Å². The molecule has 0 spiro atoms. The number of carbonyl (C=O) groups is 1. The first-order chi connectivity index (χ1) is 10.3. The first-order valence-corrected chi connectivity index (χ1v) is 7.47. The zero-order valence-corrected chi connectivity index (χ0v) is 11.9. The van der Waals surface area contributed by atoms with Crippen LogP contribution in [0.4, 0.5) is 11.6 Å². The monoisotopic (exact) mass is 300 g/mol. The van der Waals surface area contributed by atoms with Crippen molar-refractivity contribution in [3.05, 3.63) is 29.4 Å². The summed E-state index contributed by atoms with van der Waals surface area (Å²) < 4.78 is 5.96. The number of hydrogen-bond acceptors (Lipinski definition) is 6. The molecule has 1 aliphatic rings. The van der Waals surface area contributed by atoms with Crippen LogP contribution in [0.3, 0.4) is 0 Å². The number of fused-ring (bicyclic) bond motifs is 2. The van der Waals surface area contributed by atoms with Crippen molar-refractivity contribution in [2.75, 3.05) is 17.2 Å². The largest absolute Gasteiger partial charge is 0.354 e. The predicted molar refractivity (Wildman–Crippen MR) is 80.7 cm³/mol. The Morgan fingerprint density at radius 1 is 1.43 bits per heavy atom. The quantitative estimate of drug-likeness (QED) is 0.755. The third kappa shape index (κ3) is 2.23. The minimum Gasteiger partial charge on any atom is -0.354 e. The smallest absolute Gasteiger partial charge is 0.295 e. The lowest BCUT2D eigenvalue weighted by Crippen LogP contribution is -2.18. The van der Waals surface area contributed by atoms with Crippen molar-refractivity contribution in [2.45, 2.75) is 13.0 Å². The SMILES string of the molecule is O=C(Nc1ccc2nscc2c1)c1nc2n(n1)CCCN2. The molecule has 2 aromatic heterocycles. The molecule has 2 N–H and O–H groups in total. The van der Waals surface area contributed by atoms with E-state index in [4.69, 9.17) is 0 Å². The van der Waals surface area contributed by atoms with Gasteiger partial charge in [-0.1, -0.05) is 0 Å². The number of amides is 1. The van der Waals surface area contributed by atoms with Gasteiger partial charge >= 0.3 is 0 Å². The molecule has 3 aromatic rings. The average Bonchev–Trinajstić information content (AvgIpc) is 3.13. The van der Waals surface area contributed by atoms with Gasteiger partial charge in [0.15, 0.2) is 0 Å². The molecule has 0 radical (unpaired) electrons. The highest BCUT2D eigenvalue weighted by molar-refractivity contribution is 7.04. The van der Waals surface area contributed by atoms with Gasteiger partial charge < -0.3 is 10.6 Å². The molecule has 1 amide bonds. The van der Waals surface area contributed by atoms with Crippen molar-refractivity contribution >= 4 is 40.0 Å².